The lowest BCUT2D eigenvalue weighted by Gasteiger charge is -2.10. The van der Waals surface area contributed by atoms with Crippen LogP contribution < -0.4 is 9.47 Å². The van der Waals surface area contributed by atoms with Gasteiger partial charge >= 0.3 is 0 Å². The number of ether oxygens (including phenoxy) is 2. The summed E-state index contributed by atoms with van der Waals surface area (Å²) in [7, 11) is 2.83. The van der Waals surface area contributed by atoms with Gasteiger partial charge in [-0.2, -0.15) is 0 Å². The summed E-state index contributed by atoms with van der Waals surface area (Å²) < 4.78 is 10.1. The Labute approximate surface area is 108 Å². The molecule has 19 heavy (non-hydrogen) atoms. The SMILES string of the molecule is COc1cc2c(cc1OC)C(=C(O)C=O)C(O)C2=O. The van der Waals surface area contributed by atoms with E-state index in [1.54, 1.807) is 0 Å². The van der Waals surface area contributed by atoms with E-state index in [9.17, 15) is 19.8 Å². The van der Waals surface area contributed by atoms with E-state index in [-0.39, 0.29) is 23.0 Å². The summed E-state index contributed by atoms with van der Waals surface area (Å²) >= 11 is 0. The van der Waals surface area contributed by atoms with Crippen molar-refractivity contribution < 1.29 is 29.3 Å². The lowest BCUT2D eigenvalue weighted by molar-refractivity contribution is -0.106. The predicted octanol–water partition coefficient (Wildman–Crippen LogP) is 0.729. The van der Waals surface area contributed by atoms with E-state index in [1.807, 2.05) is 0 Å². The van der Waals surface area contributed by atoms with Gasteiger partial charge in [0, 0.05) is 11.1 Å². The van der Waals surface area contributed by atoms with Crippen LogP contribution >= 0.6 is 0 Å². The smallest absolute Gasteiger partial charge is 0.196 e. The zero-order valence-electron chi connectivity index (χ0n) is 10.3. The van der Waals surface area contributed by atoms with Gasteiger partial charge in [-0.3, -0.25) is 9.59 Å². The van der Waals surface area contributed by atoms with Crippen LogP contribution in [0.4, 0.5) is 0 Å². The number of aliphatic hydroxyl groups is 2. The lowest BCUT2D eigenvalue weighted by Crippen LogP contribution is -2.15. The Morgan fingerprint density at radius 1 is 1.21 bits per heavy atom. The summed E-state index contributed by atoms with van der Waals surface area (Å²) in [4.78, 5) is 22.5. The molecule has 1 aromatic carbocycles. The molecule has 2 rings (SSSR count). The molecular formula is C13H12O6. The molecule has 0 heterocycles. The fraction of sp³-hybridized carbons (Fsp3) is 0.231. The number of methoxy groups -OCH3 is 2. The van der Waals surface area contributed by atoms with E-state index in [0.29, 0.717) is 11.5 Å². The molecule has 1 unspecified atom stereocenters. The fourth-order valence-electron chi connectivity index (χ4n) is 2.07. The van der Waals surface area contributed by atoms with E-state index < -0.39 is 17.6 Å². The molecule has 0 bridgehead atoms. The standard InChI is InChI=1S/C13H12O6/c1-18-9-3-6-7(4-10(9)19-2)12(16)13(17)11(6)8(15)5-14/h3-5,13,15,17H,1-2H3. The van der Waals surface area contributed by atoms with Gasteiger partial charge in [-0.05, 0) is 17.7 Å². The first-order valence-electron chi connectivity index (χ1n) is 5.42. The molecule has 100 valence electrons. The van der Waals surface area contributed by atoms with Gasteiger partial charge in [0.2, 0.25) is 0 Å². The summed E-state index contributed by atoms with van der Waals surface area (Å²) in [6, 6.07) is 2.85. The molecule has 0 fully saturated rings. The van der Waals surface area contributed by atoms with Crippen LogP contribution in [0.25, 0.3) is 5.57 Å². The van der Waals surface area contributed by atoms with E-state index in [2.05, 4.69) is 0 Å². The lowest BCUT2D eigenvalue weighted by atomic mass is 10.0. The number of carbonyl (C=O) groups excluding carboxylic acids is 2. The van der Waals surface area contributed by atoms with Gasteiger partial charge in [0.25, 0.3) is 0 Å². The Balaban J connectivity index is 2.74. The minimum Gasteiger partial charge on any atom is -0.504 e. The zero-order valence-corrected chi connectivity index (χ0v) is 10.3. The number of Topliss-reactive ketones (excluding diaryl/α,β-unsaturated/α-hetero) is 1. The molecule has 0 amide bonds. The summed E-state index contributed by atoms with van der Waals surface area (Å²) in [5.74, 6) is -0.612. The van der Waals surface area contributed by atoms with E-state index >= 15 is 0 Å². The van der Waals surface area contributed by atoms with Crippen LogP contribution in [0.3, 0.4) is 0 Å². The number of allylic oxidation sites excluding steroid dienone is 1. The Kier molecular flexibility index (Phi) is 3.26. The highest BCUT2D eigenvalue weighted by Gasteiger charge is 2.37. The molecule has 0 spiro atoms. The van der Waals surface area contributed by atoms with Crippen LogP contribution in [-0.4, -0.2) is 42.6 Å². The molecule has 2 N–H and O–H groups in total. The summed E-state index contributed by atoms with van der Waals surface area (Å²) in [6.07, 6.45) is -1.38. The monoisotopic (exact) mass is 264 g/mol. The Bertz CT molecular complexity index is 587. The zero-order chi connectivity index (χ0) is 14.2. The van der Waals surface area contributed by atoms with Crippen molar-refractivity contribution in [3.05, 3.63) is 29.0 Å². The Morgan fingerprint density at radius 2 is 1.74 bits per heavy atom. The first-order valence-corrected chi connectivity index (χ1v) is 5.42. The van der Waals surface area contributed by atoms with Crippen molar-refractivity contribution in [2.24, 2.45) is 0 Å². The topological polar surface area (TPSA) is 93.1 Å². The second kappa shape index (κ2) is 4.74. The van der Waals surface area contributed by atoms with Crippen molar-refractivity contribution in [2.45, 2.75) is 6.10 Å². The van der Waals surface area contributed by atoms with Crippen LogP contribution in [0.15, 0.2) is 17.9 Å². The van der Waals surface area contributed by atoms with Gasteiger partial charge in [-0.25, -0.2) is 0 Å². The van der Waals surface area contributed by atoms with Gasteiger partial charge in [-0.1, -0.05) is 0 Å². The second-order valence-electron chi connectivity index (χ2n) is 3.94. The second-order valence-corrected chi connectivity index (χ2v) is 3.94. The maximum atomic E-state index is 11.9. The average molecular weight is 264 g/mol. The molecule has 1 aliphatic rings. The van der Waals surface area contributed by atoms with Crippen LogP contribution in [0.2, 0.25) is 0 Å². The molecule has 0 saturated heterocycles. The molecule has 0 aliphatic heterocycles. The van der Waals surface area contributed by atoms with E-state index in [1.165, 1.54) is 26.4 Å². The van der Waals surface area contributed by atoms with Crippen LogP contribution in [-0.2, 0) is 4.79 Å². The van der Waals surface area contributed by atoms with Gasteiger partial charge in [0.1, 0.15) is 6.10 Å². The van der Waals surface area contributed by atoms with Crippen LogP contribution in [0.5, 0.6) is 11.5 Å². The summed E-state index contributed by atoms with van der Waals surface area (Å²) in [5, 5.41) is 19.3. The molecular weight excluding hydrogens is 252 g/mol. The number of hydrogen-bond acceptors (Lipinski definition) is 6. The number of hydrogen-bond donors (Lipinski definition) is 2. The molecule has 1 aliphatic carbocycles. The highest BCUT2D eigenvalue weighted by molar-refractivity contribution is 6.18. The van der Waals surface area contributed by atoms with Gasteiger partial charge in [0.05, 0.1) is 14.2 Å². The molecule has 0 saturated carbocycles. The van der Waals surface area contributed by atoms with Crippen molar-refractivity contribution in [2.75, 3.05) is 14.2 Å². The van der Waals surface area contributed by atoms with Gasteiger partial charge in [0.15, 0.2) is 29.3 Å². The van der Waals surface area contributed by atoms with Crippen molar-refractivity contribution in [1.82, 2.24) is 0 Å². The van der Waals surface area contributed by atoms with Crippen molar-refractivity contribution in [3.8, 4) is 11.5 Å². The minimum atomic E-state index is -1.56. The number of ketones is 1. The maximum absolute atomic E-state index is 11.9. The third kappa shape index (κ3) is 1.86. The number of benzene rings is 1. The van der Waals surface area contributed by atoms with Gasteiger partial charge < -0.3 is 19.7 Å². The first kappa shape index (κ1) is 13.1. The third-order valence-corrected chi connectivity index (χ3v) is 2.99. The predicted molar refractivity (Wildman–Crippen MR) is 65.5 cm³/mol. The molecule has 1 atom stereocenters. The molecule has 0 aromatic heterocycles. The minimum absolute atomic E-state index is 0.115. The van der Waals surface area contributed by atoms with E-state index in [0.717, 1.165) is 0 Å². The fourth-order valence-corrected chi connectivity index (χ4v) is 2.07. The van der Waals surface area contributed by atoms with Crippen molar-refractivity contribution in [3.63, 3.8) is 0 Å². The molecule has 0 radical (unpaired) electrons. The average Bonchev–Trinajstić information content (AvgIpc) is 2.68. The largest absolute Gasteiger partial charge is 0.504 e. The van der Waals surface area contributed by atoms with Crippen molar-refractivity contribution in [1.29, 1.82) is 0 Å². The van der Waals surface area contributed by atoms with Crippen LogP contribution in [0, 0.1) is 0 Å². The number of aldehydes is 1. The molecule has 1 aromatic rings. The number of carbonyl (C=O) groups is 2. The van der Waals surface area contributed by atoms with Gasteiger partial charge in [-0.15, -0.1) is 0 Å². The molecule has 6 heteroatoms. The first-order chi connectivity index (χ1) is 9.04. The molecule has 6 nitrogen and oxygen atoms in total. The summed E-state index contributed by atoms with van der Waals surface area (Å²) in [6.45, 7) is 0. The summed E-state index contributed by atoms with van der Waals surface area (Å²) in [5.41, 5.74) is 0.323. The van der Waals surface area contributed by atoms with Crippen molar-refractivity contribution >= 4 is 17.6 Å². The number of aliphatic hydroxyl groups excluding tert-OH is 2. The normalized spacial score (nSPS) is 19.9. The Morgan fingerprint density at radius 3 is 2.21 bits per heavy atom. The van der Waals surface area contributed by atoms with Crippen LogP contribution in [0.1, 0.15) is 15.9 Å². The number of fused-ring (bicyclic) bond motifs is 1. The quantitative estimate of drug-likeness (QED) is 0.475. The Hall–Kier alpha value is -2.34. The number of rotatable bonds is 3. The maximum Gasteiger partial charge on any atom is 0.196 e. The highest BCUT2D eigenvalue weighted by atomic mass is 16.5. The highest BCUT2D eigenvalue weighted by Crippen LogP contribution is 2.40. The third-order valence-electron chi connectivity index (χ3n) is 2.99. The van der Waals surface area contributed by atoms with E-state index in [4.69, 9.17) is 9.47 Å².